The largest absolute Gasteiger partial charge is 0.464 e. The van der Waals surface area contributed by atoms with Gasteiger partial charge >= 0.3 is 5.97 Å². The van der Waals surface area contributed by atoms with Crippen LogP contribution in [0.2, 0.25) is 0 Å². The molecule has 1 aromatic heterocycles. The average molecular weight is 293 g/mol. The van der Waals surface area contributed by atoms with E-state index in [2.05, 4.69) is 5.32 Å². The number of piperazine rings is 1. The summed E-state index contributed by atoms with van der Waals surface area (Å²) in [6.45, 7) is 7.77. The Morgan fingerprint density at radius 1 is 1.48 bits per heavy atom. The van der Waals surface area contributed by atoms with Crippen LogP contribution < -0.4 is 5.32 Å². The first-order valence-corrected chi connectivity index (χ1v) is 7.41. The Labute approximate surface area is 125 Å². The van der Waals surface area contributed by atoms with E-state index in [1.165, 1.54) is 0 Å². The van der Waals surface area contributed by atoms with Gasteiger partial charge in [0.25, 0.3) is 5.91 Å². The first-order valence-electron chi connectivity index (χ1n) is 7.41. The SMILES string of the molecule is CCOC(=O)C1CNCCN1C(=O)c1cccn1C(C)C. The van der Waals surface area contributed by atoms with E-state index in [0.717, 1.165) is 0 Å². The summed E-state index contributed by atoms with van der Waals surface area (Å²) in [6, 6.07) is 3.30. The quantitative estimate of drug-likeness (QED) is 0.843. The lowest BCUT2D eigenvalue weighted by molar-refractivity contribution is -0.149. The van der Waals surface area contributed by atoms with Gasteiger partial charge < -0.3 is 19.5 Å². The van der Waals surface area contributed by atoms with Gasteiger partial charge in [-0.2, -0.15) is 0 Å². The smallest absolute Gasteiger partial charge is 0.330 e. The summed E-state index contributed by atoms with van der Waals surface area (Å²) in [6.07, 6.45) is 1.89. The first kappa shape index (κ1) is 15.6. The molecule has 2 rings (SSSR count). The number of esters is 1. The molecule has 6 heteroatoms. The number of hydrogen-bond donors (Lipinski definition) is 1. The van der Waals surface area contributed by atoms with Gasteiger partial charge in [-0.1, -0.05) is 0 Å². The molecule has 1 unspecified atom stereocenters. The second-order valence-electron chi connectivity index (χ2n) is 5.36. The van der Waals surface area contributed by atoms with Crippen molar-refractivity contribution in [1.29, 1.82) is 0 Å². The van der Waals surface area contributed by atoms with Crippen LogP contribution in [0.1, 0.15) is 37.3 Å². The number of carbonyl (C=O) groups is 2. The molecule has 0 aromatic carbocycles. The summed E-state index contributed by atoms with van der Waals surface area (Å²) in [5.74, 6) is -0.464. The van der Waals surface area contributed by atoms with Gasteiger partial charge in [-0.3, -0.25) is 4.79 Å². The maximum Gasteiger partial charge on any atom is 0.330 e. The van der Waals surface area contributed by atoms with Crippen LogP contribution in [0.3, 0.4) is 0 Å². The van der Waals surface area contributed by atoms with E-state index < -0.39 is 6.04 Å². The van der Waals surface area contributed by atoms with Crippen molar-refractivity contribution in [3.05, 3.63) is 24.0 Å². The molecule has 116 valence electrons. The zero-order chi connectivity index (χ0) is 15.4. The molecule has 1 N–H and O–H groups in total. The van der Waals surface area contributed by atoms with Gasteiger partial charge in [0.2, 0.25) is 0 Å². The molecule has 1 amide bonds. The molecule has 1 atom stereocenters. The van der Waals surface area contributed by atoms with E-state index in [1.54, 1.807) is 17.9 Å². The predicted octanol–water partition coefficient (Wildman–Crippen LogP) is 1.05. The van der Waals surface area contributed by atoms with Crippen molar-refractivity contribution >= 4 is 11.9 Å². The van der Waals surface area contributed by atoms with E-state index in [-0.39, 0.29) is 17.9 Å². The van der Waals surface area contributed by atoms with Crippen molar-refractivity contribution < 1.29 is 14.3 Å². The molecular formula is C15H23N3O3. The van der Waals surface area contributed by atoms with Crippen LogP contribution in [0, 0.1) is 0 Å². The zero-order valence-corrected chi connectivity index (χ0v) is 12.8. The Kier molecular flexibility index (Phi) is 5.01. The van der Waals surface area contributed by atoms with Crippen LogP contribution in [-0.2, 0) is 9.53 Å². The van der Waals surface area contributed by atoms with Crippen LogP contribution in [0.25, 0.3) is 0 Å². The molecule has 1 saturated heterocycles. The molecule has 0 saturated carbocycles. The third-order valence-electron chi connectivity index (χ3n) is 3.62. The zero-order valence-electron chi connectivity index (χ0n) is 12.8. The lowest BCUT2D eigenvalue weighted by Gasteiger charge is -2.34. The Hall–Kier alpha value is -1.82. The highest BCUT2D eigenvalue weighted by atomic mass is 16.5. The molecule has 0 spiro atoms. The maximum atomic E-state index is 12.8. The number of nitrogens with one attached hydrogen (secondary N) is 1. The monoisotopic (exact) mass is 293 g/mol. The molecular weight excluding hydrogens is 270 g/mol. The molecule has 0 bridgehead atoms. The molecule has 0 radical (unpaired) electrons. The van der Waals surface area contributed by atoms with Crippen LogP contribution in [0.4, 0.5) is 0 Å². The second kappa shape index (κ2) is 6.76. The molecule has 1 aliphatic heterocycles. The summed E-state index contributed by atoms with van der Waals surface area (Å²) in [5, 5.41) is 3.14. The molecule has 0 aliphatic carbocycles. The maximum absolute atomic E-state index is 12.8. The van der Waals surface area contributed by atoms with Crippen LogP contribution in [0.5, 0.6) is 0 Å². The van der Waals surface area contributed by atoms with Gasteiger partial charge in [0.15, 0.2) is 0 Å². The summed E-state index contributed by atoms with van der Waals surface area (Å²) in [5.41, 5.74) is 0.612. The van der Waals surface area contributed by atoms with Crippen molar-refractivity contribution in [3.63, 3.8) is 0 Å². The second-order valence-corrected chi connectivity index (χ2v) is 5.36. The Balaban J connectivity index is 2.22. The normalized spacial score (nSPS) is 18.9. The third-order valence-corrected chi connectivity index (χ3v) is 3.62. The summed E-state index contributed by atoms with van der Waals surface area (Å²) in [4.78, 5) is 26.4. The highest BCUT2D eigenvalue weighted by Gasteiger charge is 2.34. The number of carbonyl (C=O) groups excluding carboxylic acids is 2. The first-order chi connectivity index (χ1) is 10.1. The fourth-order valence-corrected chi connectivity index (χ4v) is 2.57. The number of rotatable bonds is 4. The van der Waals surface area contributed by atoms with Crippen LogP contribution >= 0.6 is 0 Å². The molecule has 1 aliphatic rings. The molecule has 1 fully saturated rings. The fourth-order valence-electron chi connectivity index (χ4n) is 2.57. The Morgan fingerprint density at radius 3 is 2.90 bits per heavy atom. The van der Waals surface area contributed by atoms with Crippen molar-refractivity contribution in [2.24, 2.45) is 0 Å². The van der Waals surface area contributed by atoms with E-state index >= 15 is 0 Å². The lowest BCUT2D eigenvalue weighted by Crippen LogP contribution is -2.57. The standard InChI is InChI=1S/C15H23N3O3/c1-4-21-15(20)13-10-16-7-9-18(13)14(19)12-6-5-8-17(12)11(2)3/h5-6,8,11,13,16H,4,7,9-10H2,1-3H3. The average Bonchev–Trinajstić information content (AvgIpc) is 2.96. The Bertz CT molecular complexity index is 510. The highest BCUT2D eigenvalue weighted by Crippen LogP contribution is 2.16. The molecule has 6 nitrogen and oxygen atoms in total. The van der Waals surface area contributed by atoms with Gasteiger partial charge in [0.05, 0.1) is 6.61 Å². The van der Waals surface area contributed by atoms with Gasteiger partial charge in [0, 0.05) is 31.9 Å². The van der Waals surface area contributed by atoms with Crippen molar-refractivity contribution in [1.82, 2.24) is 14.8 Å². The van der Waals surface area contributed by atoms with E-state index in [0.29, 0.717) is 31.9 Å². The summed E-state index contributed by atoms with van der Waals surface area (Å²) < 4.78 is 7.00. The Morgan fingerprint density at radius 2 is 2.24 bits per heavy atom. The van der Waals surface area contributed by atoms with Crippen molar-refractivity contribution in [3.8, 4) is 0 Å². The van der Waals surface area contributed by atoms with Crippen LogP contribution in [0.15, 0.2) is 18.3 Å². The lowest BCUT2D eigenvalue weighted by atomic mass is 10.1. The molecule has 2 heterocycles. The van der Waals surface area contributed by atoms with E-state index in [4.69, 9.17) is 4.74 Å². The number of aromatic nitrogens is 1. The molecule has 21 heavy (non-hydrogen) atoms. The number of amides is 1. The molecule has 1 aromatic rings. The van der Waals surface area contributed by atoms with Crippen molar-refractivity contribution in [2.75, 3.05) is 26.2 Å². The number of hydrogen-bond acceptors (Lipinski definition) is 4. The minimum absolute atomic E-state index is 0.117. The van der Waals surface area contributed by atoms with Gasteiger partial charge in [-0.05, 0) is 32.9 Å². The minimum Gasteiger partial charge on any atom is -0.464 e. The van der Waals surface area contributed by atoms with Gasteiger partial charge in [-0.25, -0.2) is 4.79 Å². The predicted molar refractivity (Wildman–Crippen MR) is 79.1 cm³/mol. The van der Waals surface area contributed by atoms with E-state index in [1.807, 2.05) is 30.7 Å². The van der Waals surface area contributed by atoms with Gasteiger partial charge in [0.1, 0.15) is 11.7 Å². The van der Waals surface area contributed by atoms with Crippen molar-refractivity contribution in [2.45, 2.75) is 32.9 Å². The third kappa shape index (κ3) is 3.26. The number of ether oxygens (including phenoxy) is 1. The summed E-state index contributed by atoms with van der Waals surface area (Å²) >= 11 is 0. The number of nitrogens with zero attached hydrogens (tertiary/aromatic N) is 2. The highest BCUT2D eigenvalue weighted by molar-refractivity contribution is 5.96. The van der Waals surface area contributed by atoms with Crippen LogP contribution in [-0.4, -0.2) is 53.6 Å². The minimum atomic E-state index is -0.554. The van der Waals surface area contributed by atoms with Gasteiger partial charge in [-0.15, -0.1) is 0 Å². The van der Waals surface area contributed by atoms with E-state index in [9.17, 15) is 9.59 Å². The topological polar surface area (TPSA) is 63.6 Å². The fraction of sp³-hybridized carbons (Fsp3) is 0.600. The summed E-state index contributed by atoms with van der Waals surface area (Å²) in [7, 11) is 0.